The average Bonchev–Trinajstić information content (AvgIpc) is 3.74. The number of nitrogens with one attached hydrogen (secondary N) is 1. The molecule has 2 atom stereocenters. The summed E-state index contributed by atoms with van der Waals surface area (Å²) in [6.45, 7) is -0.107. The van der Waals surface area contributed by atoms with Gasteiger partial charge in [-0.1, -0.05) is 29.1 Å². The third-order valence-electron chi connectivity index (χ3n) is 7.10. The van der Waals surface area contributed by atoms with Crippen LogP contribution >= 0.6 is 34.9 Å². The van der Waals surface area contributed by atoms with E-state index < -0.39 is 35.2 Å². The molecule has 20 heteroatoms. The molecule has 2 aromatic carbocycles. The number of aromatic hydroxyl groups is 2. The van der Waals surface area contributed by atoms with Crippen LogP contribution in [0.25, 0.3) is 11.5 Å². The summed E-state index contributed by atoms with van der Waals surface area (Å²) in [5, 5.41) is 53.8. The fourth-order valence-corrected chi connectivity index (χ4v) is 7.51. The molecule has 6 rings (SSSR count). The number of nitrogens with two attached hydrogens (primary N) is 1. The molecule has 0 radical (unpaired) electrons. The van der Waals surface area contributed by atoms with Crippen molar-refractivity contribution in [2.24, 2.45) is 5.16 Å². The van der Waals surface area contributed by atoms with Crippen molar-refractivity contribution in [2.45, 2.75) is 23.2 Å². The quantitative estimate of drug-likeness (QED) is 0.0402. The van der Waals surface area contributed by atoms with Gasteiger partial charge in [0.2, 0.25) is 5.89 Å². The van der Waals surface area contributed by atoms with E-state index in [9.17, 15) is 34.5 Å². The van der Waals surface area contributed by atoms with Crippen LogP contribution in [0.4, 0.5) is 5.13 Å². The van der Waals surface area contributed by atoms with Gasteiger partial charge in [-0.15, -0.1) is 33.3 Å². The van der Waals surface area contributed by atoms with Crippen molar-refractivity contribution in [1.29, 1.82) is 0 Å². The second kappa shape index (κ2) is 13.9. The molecule has 252 valence electrons. The van der Waals surface area contributed by atoms with E-state index in [-0.39, 0.29) is 68.5 Å². The average molecular weight is 726 g/mol. The molecule has 7 N–H and O–H groups in total. The summed E-state index contributed by atoms with van der Waals surface area (Å²) < 4.78 is 5.61. The van der Waals surface area contributed by atoms with Gasteiger partial charge in [0.05, 0.1) is 5.56 Å². The van der Waals surface area contributed by atoms with E-state index in [1.165, 1.54) is 59.6 Å². The lowest BCUT2D eigenvalue weighted by Gasteiger charge is -2.49. The molecule has 2 aromatic heterocycles. The molecule has 1 fully saturated rings. The summed E-state index contributed by atoms with van der Waals surface area (Å²) in [7, 11) is 0. The van der Waals surface area contributed by atoms with E-state index in [1.54, 1.807) is 0 Å². The zero-order valence-electron chi connectivity index (χ0n) is 24.7. The second-order valence-electron chi connectivity index (χ2n) is 10.3. The van der Waals surface area contributed by atoms with Gasteiger partial charge in [0.1, 0.15) is 29.4 Å². The van der Waals surface area contributed by atoms with Crippen molar-refractivity contribution in [3.05, 3.63) is 75.9 Å². The van der Waals surface area contributed by atoms with Crippen molar-refractivity contribution in [2.75, 3.05) is 17.2 Å². The topological polar surface area (TPSA) is 264 Å². The number of carbonyl (C=O) groups is 4. The van der Waals surface area contributed by atoms with Gasteiger partial charge in [0, 0.05) is 22.4 Å². The highest BCUT2D eigenvalue weighted by molar-refractivity contribution is 8.01. The number of oxime groups is 1. The van der Waals surface area contributed by atoms with Crippen LogP contribution in [-0.2, 0) is 25.8 Å². The van der Waals surface area contributed by atoms with Crippen molar-refractivity contribution in [3.63, 3.8) is 0 Å². The van der Waals surface area contributed by atoms with Gasteiger partial charge in [-0.25, -0.2) is 14.6 Å². The van der Waals surface area contributed by atoms with Crippen molar-refractivity contribution in [3.8, 4) is 23.0 Å². The number of benzene rings is 2. The highest BCUT2D eigenvalue weighted by atomic mass is 32.2. The molecule has 0 saturated carbocycles. The number of carboxylic acids is 2. The van der Waals surface area contributed by atoms with Crippen molar-refractivity contribution < 1.29 is 48.9 Å². The molecule has 0 unspecified atom stereocenters. The van der Waals surface area contributed by atoms with Gasteiger partial charge in [-0.3, -0.25) is 14.5 Å². The van der Waals surface area contributed by atoms with Crippen LogP contribution < -0.4 is 11.1 Å². The van der Waals surface area contributed by atoms with Gasteiger partial charge in [0.25, 0.3) is 17.0 Å². The lowest BCUT2D eigenvalue weighted by molar-refractivity contribution is -0.150. The number of hydrogen-bond acceptors (Lipinski definition) is 16. The number of hydrogen-bond donors (Lipinski definition) is 6. The van der Waals surface area contributed by atoms with Crippen LogP contribution in [0.5, 0.6) is 11.5 Å². The molecule has 2 aliphatic rings. The van der Waals surface area contributed by atoms with E-state index in [0.717, 1.165) is 28.0 Å². The highest BCUT2D eigenvalue weighted by Crippen LogP contribution is 2.42. The van der Waals surface area contributed by atoms with Gasteiger partial charge in [0.15, 0.2) is 22.3 Å². The van der Waals surface area contributed by atoms with Gasteiger partial charge in [-0.05, 0) is 41.5 Å². The van der Waals surface area contributed by atoms with E-state index in [1.807, 2.05) is 0 Å². The first-order valence-corrected chi connectivity index (χ1v) is 16.8. The SMILES string of the molecule is Nc1nc(C(=NOCc2ccc(C(=O)O)cc2)C(=O)N[C@@H]2C(=O)N3C(C(=O)O)=C(CSc4nnc(-c5ccc(O)c(O)c5)o4)CS[C@@H]23)cs1. The van der Waals surface area contributed by atoms with E-state index in [0.29, 0.717) is 16.7 Å². The summed E-state index contributed by atoms with van der Waals surface area (Å²) in [5.74, 6) is -4.14. The number of aromatic nitrogens is 3. The fourth-order valence-electron chi connectivity index (χ4n) is 4.71. The molecule has 2 aliphatic heterocycles. The maximum absolute atomic E-state index is 13.4. The number of amides is 2. The summed E-state index contributed by atoms with van der Waals surface area (Å²) in [6.07, 6.45) is 0. The highest BCUT2D eigenvalue weighted by Gasteiger charge is 2.54. The van der Waals surface area contributed by atoms with Crippen LogP contribution in [0.15, 0.2) is 73.9 Å². The van der Waals surface area contributed by atoms with Gasteiger partial charge < -0.3 is 40.7 Å². The standard InChI is InChI=1S/C29H23N7O10S3/c30-28-31-16(11-48-28)19(35-45-8-12-1-3-13(4-2-12)26(41)42)22(39)32-20-24(40)36-21(27(43)44)15(9-47-25(20)36)10-49-29-34-33-23(46-29)14-5-6-17(37)18(38)7-14/h1-7,11,20,25,37-38H,8-10H2,(H2,30,31)(H,32,39)(H,41,42)(H,43,44)/t20-,25+/m1/s1. The minimum Gasteiger partial charge on any atom is -0.504 e. The summed E-state index contributed by atoms with van der Waals surface area (Å²) in [4.78, 5) is 60.7. The molecule has 4 aromatic rings. The van der Waals surface area contributed by atoms with E-state index >= 15 is 0 Å². The molecule has 4 heterocycles. The Morgan fingerprint density at radius 2 is 1.88 bits per heavy atom. The molecular formula is C29H23N7O10S3. The lowest BCUT2D eigenvalue weighted by Crippen LogP contribution is -2.71. The number of nitrogen functional groups attached to an aromatic ring is 1. The van der Waals surface area contributed by atoms with Crippen LogP contribution in [-0.4, -0.2) is 92.9 Å². The van der Waals surface area contributed by atoms with Gasteiger partial charge >= 0.3 is 11.9 Å². The van der Waals surface area contributed by atoms with Crippen molar-refractivity contribution >= 4 is 69.5 Å². The van der Waals surface area contributed by atoms with Crippen LogP contribution in [0.1, 0.15) is 21.6 Å². The number of nitrogens with zero attached hydrogens (tertiary/aromatic N) is 5. The third kappa shape index (κ3) is 7.00. The Kier molecular flexibility index (Phi) is 9.42. The summed E-state index contributed by atoms with van der Waals surface area (Å²) >= 11 is 3.37. The predicted octanol–water partition coefficient (Wildman–Crippen LogP) is 2.34. The number of rotatable bonds is 12. The number of phenols is 2. The number of aromatic carboxylic acids is 1. The molecule has 2 amide bonds. The Labute approximate surface area is 287 Å². The number of phenolic OH excluding ortho intramolecular Hbond substituents is 2. The Balaban J connectivity index is 1.13. The molecular weight excluding hydrogens is 703 g/mol. The van der Waals surface area contributed by atoms with Crippen LogP contribution in [0.2, 0.25) is 0 Å². The number of fused-ring (bicyclic) bond motifs is 1. The number of thiazole rings is 1. The molecule has 49 heavy (non-hydrogen) atoms. The Morgan fingerprint density at radius 3 is 2.55 bits per heavy atom. The maximum Gasteiger partial charge on any atom is 0.352 e. The minimum absolute atomic E-state index is 0.0721. The first kappa shape index (κ1) is 33.3. The Morgan fingerprint density at radius 1 is 1.10 bits per heavy atom. The zero-order valence-corrected chi connectivity index (χ0v) is 27.1. The molecule has 17 nitrogen and oxygen atoms in total. The van der Waals surface area contributed by atoms with Gasteiger partial charge in [-0.2, -0.15) is 0 Å². The normalized spacial score (nSPS) is 17.3. The number of thioether (sulfide) groups is 2. The Bertz CT molecular complexity index is 2030. The monoisotopic (exact) mass is 725 g/mol. The van der Waals surface area contributed by atoms with Crippen molar-refractivity contribution in [1.82, 2.24) is 25.4 Å². The van der Waals surface area contributed by atoms with E-state index in [4.69, 9.17) is 20.1 Å². The zero-order chi connectivity index (χ0) is 34.8. The number of aliphatic carboxylic acids is 1. The maximum atomic E-state index is 13.4. The number of β-lactam (4-membered cyclic amide) rings is 1. The molecule has 0 bridgehead atoms. The fraction of sp³-hybridized carbons (Fsp3) is 0.172. The molecule has 0 aliphatic carbocycles. The predicted molar refractivity (Wildman–Crippen MR) is 175 cm³/mol. The largest absolute Gasteiger partial charge is 0.504 e. The number of carbonyl (C=O) groups excluding carboxylic acids is 2. The second-order valence-corrected chi connectivity index (χ2v) is 13.2. The Hall–Kier alpha value is -5.60. The lowest BCUT2D eigenvalue weighted by atomic mass is 10.0. The smallest absolute Gasteiger partial charge is 0.352 e. The number of anilines is 1. The molecule has 1 saturated heterocycles. The van der Waals surface area contributed by atoms with E-state index in [2.05, 4.69) is 25.7 Å². The summed E-state index contributed by atoms with van der Waals surface area (Å²) in [5.41, 5.74) is 6.82. The first-order chi connectivity index (χ1) is 23.5. The van der Waals surface area contributed by atoms with Crippen LogP contribution in [0, 0.1) is 0 Å². The van der Waals surface area contributed by atoms with Crippen LogP contribution in [0.3, 0.4) is 0 Å². The number of carboxylic acid groups (broad SMARTS) is 2. The first-order valence-electron chi connectivity index (χ1n) is 13.9. The third-order valence-corrected chi connectivity index (χ3v) is 10.0. The minimum atomic E-state index is -1.32. The molecule has 0 spiro atoms. The summed E-state index contributed by atoms with van der Waals surface area (Å²) in [6, 6.07) is 8.78.